The van der Waals surface area contributed by atoms with E-state index >= 15 is 0 Å². The van der Waals surface area contributed by atoms with Gasteiger partial charge in [-0.15, -0.1) is 0 Å². The Labute approximate surface area is 138 Å². The molecule has 0 saturated carbocycles. The van der Waals surface area contributed by atoms with Crippen LogP contribution in [0, 0.1) is 0 Å². The molecule has 22 heavy (non-hydrogen) atoms. The number of hydrogen-bond donors (Lipinski definition) is 1. The molecule has 5 nitrogen and oxygen atoms in total. The first kappa shape index (κ1) is 16.9. The lowest BCUT2D eigenvalue weighted by molar-refractivity contribution is -0.148. The van der Waals surface area contributed by atoms with Gasteiger partial charge in [-0.05, 0) is 31.4 Å². The number of carboxylic acids is 1. The van der Waals surface area contributed by atoms with E-state index < -0.39 is 12.0 Å². The molecule has 1 fully saturated rings. The van der Waals surface area contributed by atoms with Gasteiger partial charge in [0, 0.05) is 13.0 Å². The molecule has 0 bridgehead atoms. The van der Waals surface area contributed by atoms with Crippen molar-refractivity contribution < 1.29 is 19.4 Å². The minimum absolute atomic E-state index is 0.148. The zero-order chi connectivity index (χ0) is 16.1. The summed E-state index contributed by atoms with van der Waals surface area (Å²) in [6, 6.07) is 4.42. The number of nitrogens with zero attached hydrogens (tertiary/aromatic N) is 1. The van der Waals surface area contributed by atoms with Crippen LogP contribution in [-0.4, -0.2) is 41.1 Å². The Hall–Kier alpha value is -1.46. The van der Waals surface area contributed by atoms with Crippen LogP contribution in [0.15, 0.2) is 18.2 Å². The highest BCUT2D eigenvalue weighted by Gasteiger charge is 2.33. The normalized spacial score (nSPS) is 17.5. The lowest BCUT2D eigenvalue weighted by atomic mass is 10.2. The largest absolute Gasteiger partial charge is 0.492 e. The fourth-order valence-electron chi connectivity index (χ4n) is 2.47. The van der Waals surface area contributed by atoms with E-state index in [0.717, 1.165) is 6.42 Å². The Kier molecular flexibility index (Phi) is 5.91. The van der Waals surface area contributed by atoms with Gasteiger partial charge < -0.3 is 14.7 Å². The van der Waals surface area contributed by atoms with Crippen molar-refractivity contribution >= 4 is 35.1 Å². The number of carboxylic acid groups (broad SMARTS) is 1. The third kappa shape index (κ3) is 4.05. The molecule has 1 aromatic carbocycles. The second-order valence-electron chi connectivity index (χ2n) is 5.09. The van der Waals surface area contributed by atoms with Crippen molar-refractivity contribution in [1.29, 1.82) is 0 Å². The predicted molar refractivity (Wildman–Crippen MR) is 83.6 cm³/mol. The van der Waals surface area contributed by atoms with Crippen LogP contribution in [0.4, 0.5) is 0 Å². The highest BCUT2D eigenvalue weighted by molar-refractivity contribution is 6.42. The van der Waals surface area contributed by atoms with E-state index in [1.165, 1.54) is 4.90 Å². The van der Waals surface area contributed by atoms with Crippen molar-refractivity contribution in [3.05, 3.63) is 28.2 Å². The Balaban J connectivity index is 1.78. The van der Waals surface area contributed by atoms with E-state index in [-0.39, 0.29) is 12.3 Å². The zero-order valence-corrected chi connectivity index (χ0v) is 13.4. The molecule has 0 aliphatic carbocycles. The van der Waals surface area contributed by atoms with Gasteiger partial charge in [0.1, 0.15) is 16.8 Å². The third-order valence-electron chi connectivity index (χ3n) is 3.57. The second-order valence-corrected chi connectivity index (χ2v) is 5.87. The molecule has 120 valence electrons. The molecule has 0 spiro atoms. The van der Waals surface area contributed by atoms with Gasteiger partial charge in [-0.25, -0.2) is 4.79 Å². The van der Waals surface area contributed by atoms with Gasteiger partial charge in [-0.2, -0.15) is 0 Å². The summed E-state index contributed by atoms with van der Waals surface area (Å²) < 4.78 is 5.50. The molecule has 1 atom stereocenters. The number of amides is 1. The van der Waals surface area contributed by atoms with Crippen molar-refractivity contribution in [2.45, 2.75) is 31.7 Å². The van der Waals surface area contributed by atoms with Crippen LogP contribution in [0.25, 0.3) is 0 Å². The zero-order valence-electron chi connectivity index (χ0n) is 11.9. The van der Waals surface area contributed by atoms with Gasteiger partial charge >= 0.3 is 5.97 Å². The van der Waals surface area contributed by atoms with Crippen LogP contribution in [0.3, 0.4) is 0 Å². The second kappa shape index (κ2) is 7.70. The van der Waals surface area contributed by atoms with Crippen LogP contribution >= 0.6 is 23.2 Å². The van der Waals surface area contributed by atoms with Gasteiger partial charge in [0.15, 0.2) is 0 Å². The summed E-state index contributed by atoms with van der Waals surface area (Å²) in [6.45, 7) is 0.828. The average Bonchev–Trinajstić information content (AvgIpc) is 2.97. The van der Waals surface area contributed by atoms with Gasteiger partial charge in [0.25, 0.3) is 0 Å². The molecular formula is C15H17Cl2NO4. The van der Waals surface area contributed by atoms with E-state index in [1.807, 2.05) is 0 Å². The number of hydrogen-bond acceptors (Lipinski definition) is 3. The summed E-state index contributed by atoms with van der Waals surface area (Å²) >= 11 is 11.9. The maximum absolute atomic E-state index is 12.1. The van der Waals surface area contributed by atoms with Crippen LogP contribution in [0.5, 0.6) is 5.75 Å². The lowest BCUT2D eigenvalue weighted by Crippen LogP contribution is -2.40. The van der Waals surface area contributed by atoms with E-state index in [9.17, 15) is 9.59 Å². The number of likely N-dealkylation sites (tertiary alicyclic amines) is 1. The SMILES string of the molecule is O=C(O)[C@H]1CCCN1C(=O)CCCOc1cccc(Cl)c1Cl. The maximum atomic E-state index is 12.1. The molecule has 1 aromatic rings. The van der Waals surface area contributed by atoms with Crippen LogP contribution < -0.4 is 4.74 Å². The van der Waals surface area contributed by atoms with Crippen LogP contribution in [-0.2, 0) is 9.59 Å². The van der Waals surface area contributed by atoms with Crippen LogP contribution in [0.1, 0.15) is 25.7 Å². The molecule has 0 radical (unpaired) electrons. The Bertz CT molecular complexity index is 564. The number of halogens is 2. The van der Waals surface area contributed by atoms with Crippen molar-refractivity contribution in [2.75, 3.05) is 13.2 Å². The summed E-state index contributed by atoms with van der Waals surface area (Å²) in [4.78, 5) is 24.5. The fourth-order valence-corrected chi connectivity index (χ4v) is 2.81. The van der Waals surface area contributed by atoms with Crippen molar-refractivity contribution in [3.63, 3.8) is 0 Å². The molecule has 0 aromatic heterocycles. The molecule has 1 saturated heterocycles. The molecule has 1 amide bonds. The fraction of sp³-hybridized carbons (Fsp3) is 0.467. The minimum atomic E-state index is -0.937. The number of carbonyl (C=O) groups excluding carboxylic acids is 1. The average molecular weight is 346 g/mol. The molecule has 1 aliphatic heterocycles. The summed E-state index contributed by atoms with van der Waals surface area (Å²) in [6.07, 6.45) is 2.00. The van der Waals surface area contributed by atoms with E-state index in [2.05, 4.69) is 0 Å². The lowest BCUT2D eigenvalue weighted by Gasteiger charge is -2.21. The number of carbonyl (C=O) groups is 2. The molecular weight excluding hydrogens is 329 g/mol. The summed E-state index contributed by atoms with van der Waals surface area (Å²) in [5.41, 5.74) is 0. The monoisotopic (exact) mass is 345 g/mol. The number of ether oxygens (including phenoxy) is 1. The maximum Gasteiger partial charge on any atom is 0.326 e. The number of aliphatic carboxylic acids is 1. The van der Waals surface area contributed by atoms with Gasteiger partial charge in [-0.3, -0.25) is 4.79 Å². The third-order valence-corrected chi connectivity index (χ3v) is 4.37. The van der Waals surface area contributed by atoms with Crippen molar-refractivity contribution in [1.82, 2.24) is 4.90 Å². The summed E-state index contributed by atoms with van der Waals surface area (Å²) in [7, 11) is 0. The first-order valence-electron chi connectivity index (χ1n) is 7.10. The van der Waals surface area contributed by atoms with E-state index in [4.69, 9.17) is 33.0 Å². The standard InChI is InChI=1S/C15H17Cl2NO4/c16-10-4-1-6-12(14(10)17)22-9-3-7-13(19)18-8-2-5-11(18)15(20)21/h1,4,6,11H,2-3,5,7-9H2,(H,20,21)/t11-/m1/s1. The molecule has 0 unspecified atom stereocenters. The molecule has 1 aliphatic rings. The molecule has 7 heteroatoms. The Morgan fingerprint density at radius 3 is 2.86 bits per heavy atom. The Morgan fingerprint density at radius 1 is 1.36 bits per heavy atom. The number of benzene rings is 1. The van der Waals surface area contributed by atoms with E-state index in [0.29, 0.717) is 41.8 Å². The van der Waals surface area contributed by atoms with Gasteiger partial charge in [-0.1, -0.05) is 29.3 Å². The van der Waals surface area contributed by atoms with Crippen LogP contribution in [0.2, 0.25) is 10.0 Å². The Morgan fingerprint density at radius 2 is 2.14 bits per heavy atom. The topological polar surface area (TPSA) is 66.8 Å². The van der Waals surface area contributed by atoms with Gasteiger partial charge in [0.2, 0.25) is 5.91 Å². The quantitative estimate of drug-likeness (QED) is 0.803. The van der Waals surface area contributed by atoms with E-state index in [1.54, 1.807) is 18.2 Å². The molecule has 2 rings (SSSR count). The highest BCUT2D eigenvalue weighted by Crippen LogP contribution is 2.31. The summed E-state index contributed by atoms with van der Waals surface area (Å²) in [5.74, 6) is -0.607. The predicted octanol–water partition coefficient (Wildman–Crippen LogP) is 3.23. The molecule has 1 heterocycles. The summed E-state index contributed by atoms with van der Waals surface area (Å²) in [5, 5.41) is 9.83. The number of rotatable bonds is 6. The van der Waals surface area contributed by atoms with Crippen molar-refractivity contribution in [2.24, 2.45) is 0 Å². The molecule has 1 N–H and O–H groups in total. The van der Waals surface area contributed by atoms with Gasteiger partial charge in [0.05, 0.1) is 11.6 Å². The highest BCUT2D eigenvalue weighted by atomic mass is 35.5. The minimum Gasteiger partial charge on any atom is -0.492 e. The first-order valence-corrected chi connectivity index (χ1v) is 7.85. The van der Waals surface area contributed by atoms with Crippen molar-refractivity contribution in [3.8, 4) is 5.75 Å². The first-order chi connectivity index (χ1) is 10.5. The smallest absolute Gasteiger partial charge is 0.326 e.